The molecule has 1 heteroatoms. The first kappa shape index (κ1) is 9.05. The molecular weight excluding hydrogens is 188 g/mol. The van der Waals surface area contributed by atoms with Crippen molar-refractivity contribution in [3.63, 3.8) is 0 Å². The fourth-order valence-electron chi connectivity index (χ4n) is 1.40. The van der Waals surface area contributed by atoms with Crippen LogP contribution in [-0.4, -0.2) is 0 Å². The van der Waals surface area contributed by atoms with Gasteiger partial charge in [-0.1, -0.05) is 18.1 Å². The fourth-order valence-corrected chi connectivity index (χ4v) is 2.07. The van der Waals surface area contributed by atoms with Gasteiger partial charge in [-0.15, -0.1) is 6.42 Å². The van der Waals surface area contributed by atoms with E-state index in [0.717, 1.165) is 12.0 Å². The van der Waals surface area contributed by atoms with Crippen molar-refractivity contribution >= 4 is 11.3 Å². The molecule has 0 atom stereocenters. The van der Waals surface area contributed by atoms with Crippen molar-refractivity contribution in [2.24, 2.45) is 0 Å². The number of hydrogen-bond donors (Lipinski definition) is 0. The van der Waals surface area contributed by atoms with Gasteiger partial charge in [0.05, 0.1) is 0 Å². The van der Waals surface area contributed by atoms with Crippen LogP contribution < -0.4 is 0 Å². The molecule has 14 heavy (non-hydrogen) atoms. The molecule has 2 rings (SSSR count). The van der Waals surface area contributed by atoms with E-state index in [1.54, 1.807) is 11.3 Å². The second-order valence-corrected chi connectivity index (χ2v) is 3.93. The van der Waals surface area contributed by atoms with E-state index in [0.29, 0.717) is 0 Å². The summed E-state index contributed by atoms with van der Waals surface area (Å²) in [7, 11) is 0. The molecule has 0 amide bonds. The fraction of sp³-hybridized carbons (Fsp3) is 0.0769. The summed E-state index contributed by atoms with van der Waals surface area (Å²) in [5.41, 5.74) is 3.58. The molecule has 0 unspecified atom stereocenters. The molecule has 0 saturated carbocycles. The Morgan fingerprint density at radius 3 is 2.86 bits per heavy atom. The summed E-state index contributed by atoms with van der Waals surface area (Å²) in [6, 6.07) is 10.3. The van der Waals surface area contributed by atoms with Crippen LogP contribution in [0.15, 0.2) is 41.1 Å². The Hall–Kier alpha value is -1.52. The number of thiophene rings is 1. The summed E-state index contributed by atoms with van der Waals surface area (Å²) >= 11 is 1.73. The summed E-state index contributed by atoms with van der Waals surface area (Å²) in [5.74, 6) is 2.65. The summed E-state index contributed by atoms with van der Waals surface area (Å²) in [6.45, 7) is 0. The summed E-state index contributed by atoms with van der Waals surface area (Å²) < 4.78 is 0. The lowest BCUT2D eigenvalue weighted by Gasteiger charge is -1.99. The highest BCUT2D eigenvalue weighted by Gasteiger charge is 1.96. The van der Waals surface area contributed by atoms with Crippen LogP contribution in [0, 0.1) is 12.3 Å². The van der Waals surface area contributed by atoms with Gasteiger partial charge in [0.15, 0.2) is 0 Å². The van der Waals surface area contributed by atoms with E-state index in [1.165, 1.54) is 11.1 Å². The predicted octanol–water partition coefficient (Wildman–Crippen LogP) is 3.32. The van der Waals surface area contributed by atoms with E-state index in [4.69, 9.17) is 6.42 Å². The maximum atomic E-state index is 5.34. The van der Waals surface area contributed by atoms with Crippen LogP contribution >= 0.6 is 11.3 Å². The molecule has 0 bridgehead atoms. The van der Waals surface area contributed by atoms with Crippen molar-refractivity contribution in [1.29, 1.82) is 0 Å². The Labute approximate surface area is 88.2 Å². The van der Waals surface area contributed by atoms with E-state index in [1.807, 2.05) is 12.1 Å². The molecule has 0 aliphatic heterocycles. The van der Waals surface area contributed by atoms with Crippen LogP contribution in [0.3, 0.4) is 0 Å². The van der Waals surface area contributed by atoms with Crippen LogP contribution in [0.4, 0.5) is 0 Å². The predicted molar refractivity (Wildman–Crippen MR) is 61.5 cm³/mol. The molecule has 68 valence electrons. The highest BCUT2D eigenvalue weighted by Crippen LogP contribution is 2.13. The molecule has 0 nitrogen and oxygen atoms in total. The van der Waals surface area contributed by atoms with Crippen LogP contribution in [0.5, 0.6) is 0 Å². The van der Waals surface area contributed by atoms with Crippen LogP contribution in [-0.2, 0) is 6.42 Å². The van der Waals surface area contributed by atoms with E-state index < -0.39 is 0 Å². The van der Waals surface area contributed by atoms with Gasteiger partial charge in [-0.2, -0.15) is 11.3 Å². The standard InChI is InChI=1S/C13H10S/c1-2-11-4-3-5-12(8-11)9-13-6-7-14-10-13/h1,3-8,10H,9H2. The second-order valence-electron chi connectivity index (χ2n) is 3.15. The summed E-state index contributed by atoms with van der Waals surface area (Å²) in [4.78, 5) is 0. The molecule has 0 saturated heterocycles. The minimum atomic E-state index is 0.956. The first-order chi connectivity index (χ1) is 6.88. The van der Waals surface area contributed by atoms with Crippen LogP contribution in [0.25, 0.3) is 0 Å². The maximum Gasteiger partial charge on any atom is 0.0245 e. The van der Waals surface area contributed by atoms with Crippen molar-refractivity contribution in [3.05, 3.63) is 57.8 Å². The molecule has 1 aromatic heterocycles. The first-order valence-corrected chi connectivity index (χ1v) is 5.39. The summed E-state index contributed by atoms with van der Waals surface area (Å²) in [6.07, 6.45) is 6.32. The average molecular weight is 198 g/mol. The van der Waals surface area contributed by atoms with Gasteiger partial charge in [-0.25, -0.2) is 0 Å². The quantitative estimate of drug-likeness (QED) is 0.649. The Balaban J connectivity index is 2.22. The van der Waals surface area contributed by atoms with Crippen LogP contribution in [0.1, 0.15) is 16.7 Å². The molecule has 0 N–H and O–H groups in total. The molecule has 2 aromatic rings. The van der Waals surface area contributed by atoms with Gasteiger partial charge in [0.2, 0.25) is 0 Å². The van der Waals surface area contributed by atoms with Crippen LogP contribution in [0.2, 0.25) is 0 Å². The number of terminal acetylenes is 1. The number of rotatable bonds is 2. The largest absolute Gasteiger partial charge is 0.152 e. The number of benzene rings is 1. The Morgan fingerprint density at radius 2 is 2.14 bits per heavy atom. The highest BCUT2D eigenvalue weighted by atomic mass is 32.1. The topological polar surface area (TPSA) is 0 Å². The molecular formula is C13H10S. The maximum absolute atomic E-state index is 5.34. The van der Waals surface area contributed by atoms with Gasteiger partial charge in [0.25, 0.3) is 0 Å². The van der Waals surface area contributed by atoms with E-state index in [-0.39, 0.29) is 0 Å². The normalized spacial score (nSPS) is 9.64. The third-order valence-electron chi connectivity index (χ3n) is 2.08. The van der Waals surface area contributed by atoms with Crippen molar-refractivity contribution in [2.45, 2.75) is 6.42 Å². The lowest BCUT2D eigenvalue weighted by molar-refractivity contribution is 1.21. The van der Waals surface area contributed by atoms with Gasteiger partial charge in [0, 0.05) is 5.56 Å². The second kappa shape index (κ2) is 4.13. The molecule has 0 radical (unpaired) electrons. The number of hydrogen-bond acceptors (Lipinski definition) is 1. The Kier molecular flexibility index (Phi) is 2.67. The molecule has 1 heterocycles. The van der Waals surface area contributed by atoms with Gasteiger partial charge < -0.3 is 0 Å². The zero-order chi connectivity index (χ0) is 9.80. The van der Waals surface area contributed by atoms with Gasteiger partial charge in [0.1, 0.15) is 0 Å². The molecule has 0 aliphatic rings. The molecule has 0 fully saturated rings. The first-order valence-electron chi connectivity index (χ1n) is 4.45. The third kappa shape index (κ3) is 2.04. The van der Waals surface area contributed by atoms with Crippen molar-refractivity contribution in [1.82, 2.24) is 0 Å². The SMILES string of the molecule is C#Cc1cccc(Cc2ccsc2)c1. The van der Waals surface area contributed by atoms with Crippen molar-refractivity contribution < 1.29 is 0 Å². The molecule has 0 spiro atoms. The lowest BCUT2D eigenvalue weighted by Crippen LogP contribution is -1.86. The zero-order valence-electron chi connectivity index (χ0n) is 7.73. The lowest BCUT2D eigenvalue weighted by atomic mass is 10.1. The van der Waals surface area contributed by atoms with Gasteiger partial charge >= 0.3 is 0 Å². The summed E-state index contributed by atoms with van der Waals surface area (Å²) in [5, 5.41) is 4.27. The van der Waals surface area contributed by atoms with E-state index in [2.05, 4.69) is 34.9 Å². The van der Waals surface area contributed by atoms with E-state index in [9.17, 15) is 0 Å². The molecule has 1 aromatic carbocycles. The molecule has 0 aliphatic carbocycles. The minimum absolute atomic E-state index is 0.956. The average Bonchev–Trinajstić information content (AvgIpc) is 2.71. The van der Waals surface area contributed by atoms with Gasteiger partial charge in [-0.05, 0) is 46.5 Å². The Morgan fingerprint density at radius 1 is 1.21 bits per heavy atom. The van der Waals surface area contributed by atoms with Crippen molar-refractivity contribution in [2.75, 3.05) is 0 Å². The highest BCUT2D eigenvalue weighted by molar-refractivity contribution is 7.07. The Bertz CT molecular complexity index is 446. The third-order valence-corrected chi connectivity index (χ3v) is 2.81. The smallest absolute Gasteiger partial charge is 0.0245 e. The van der Waals surface area contributed by atoms with E-state index >= 15 is 0 Å². The van der Waals surface area contributed by atoms with Crippen molar-refractivity contribution in [3.8, 4) is 12.3 Å². The van der Waals surface area contributed by atoms with Gasteiger partial charge in [-0.3, -0.25) is 0 Å². The zero-order valence-corrected chi connectivity index (χ0v) is 8.55. The minimum Gasteiger partial charge on any atom is -0.152 e. The monoisotopic (exact) mass is 198 g/mol.